The van der Waals surface area contributed by atoms with Crippen LogP contribution in [0, 0.1) is 5.82 Å². The molecule has 0 radical (unpaired) electrons. The Balaban J connectivity index is 2.97. The zero-order chi connectivity index (χ0) is 13.1. The highest BCUT2D eigenvalue weighted by atomic mass is 32.2. The van der Waals surface area contributed by atoms with E-state index in [1.165, 1.54) is 18.2 Å². The maximum atomic E-state index is 13.0. The van der Waals surface area contributed by atoms with Crippen LogP contribution in [0.5, 0.6) is 0 Å². The Hall–Kier alpha value is -0.980. The number of benzene rings is 1. The third-order valence-corrected chi connectivity index (χ3v) is 3.98. The van der Waals surface area contributed by atoms with Crippen molar-refractivity contribution in [3.63, 3.8) is 0 Å². The molecule has 0 aliphatic heterocycles. The van der Waals surface area contributed by atoms with Crippen molar-refractivity contribution < 1.29 is 12.8 Å². The van der Waals surface area contributed by atoms with E-state index in [0.717, 1.165) is 6.07 Å². The van der Waals surface area contributed by atoms with Gasteiger partial charge in [-0.1, -0.05) is 6.07 Å². The molecule has 6 heteroatoms. The highest BCUT2D eigenvalue weighted by Gasteiger charge is 2.25. The van der Waals surface area contributed by atoms with Gasteiger partial charge in [0.05, 0.1) is 4.90 Å². The molecule has 0 saturated carbocycles. The Bertz CT molecular complexity index is 486. The van der Waals surface area contributed by atoms with Crippen molar-refractivity contribution in [2.75, 3.05) is 6.54 Å². The molecule has 0 aromatic heterocycles. The number of nitrogens with one attached hydrogen (secondary N) is 1. The smallest absolute Gasteiger partial charge is 0.241 e. The van der Waals surface area contributed by atoms with E-state index in [1.54, 1.807) is 13.8 Å². The lowest BCUT2D eigenvalue weighted by molar-refractivity contribution is 0.427. The first-order chi connectivity index (χ1) is 7.77. The quantitative estimate of drug-likeness (QED) is 0.836. The summed E-state index contributed by atoms with van der Waals surface area (Å²) in [5.41, 5.74) is 4.75. The molecule has 0 amide bonds. The minimum atomic E-state index is -3.71. The van der Waals surface area contributed by atoms with Gasteiger partial charge in [0.1, 0.15) is 5.82 Å². The molecule has 1 aromatic carbocycles. The van der Waals surface area contributed by atoms with Gasteiger partial charge in [0, 0.05) is 5.54 Å². The second-order valence-electron chi connectivity index (χ2n) is 4.49. The highest BCUT2D eigenvalue weighted by Crippen LogP contribution is 2.15. The molecule has 0 heterocycles. The Kier molecular flexibility index (Phi) is 4.24. The molecular weight excluding hydrogens is 243 g/mol. The predicted molar refractivity (Wildman–Crippen MR) is 64.5 cm³/mol. The van der Waals surface area contributed by atoms with Crippen molar-refractivity contribution in [1.82, 2.24) is 4.72 Å². The van der Waals surface area contributed by atoms with Gasteiger partial charge in [0.2, 0.25) is 10.0 Å². The number of hydrogen-bond donors (Lipinski definition) is 2. The maximum absolute atomic E-state index is 13.0. The molecule has 4 nitrogen and oxygen atoms in total. The van der Waals surface area contributed by atoms with Crippen molar-refractivity contribution in [2.24, 2.45) is 5.73 Å². The van der Waals surface area contributed by atoms with Gasteiger partial charge in [-0.2, -0.15) is 0 Å². The zero-order valence-electron chi connectivity index (χ0n) is 9.90. The first kappa shape index (κ1) is 14.1. The summed E-state index contributed by atoms with van der Waals surface area (Å²) in [7, 11) is -3.71. The molecule has 1 rings (SSSR count). The van der Waals surface area contributed by atoms with Gasteiger partial charge in [-0.25, -0.2) is 17.5 Å². The van der Waals surface area contributed by atoms with Crippen molar-refractivity contribution in [1.29, 1.82) is 0 Å². The summed E-state index contributed by atoms with van der Waals surface area (Å²) in [5, 5.41) is 0. The lowest BCUT2D eigenvalue weighted by atomic mass is 10.0. The first-order valence-corrected chi connectivity index (χ1v) is 6.75. The SMILES string of the molecule is CC(C)(CCN)NS(=O)(=O)c1cccc(F)c1. The lowest BCUT2D eigenvalue weighted by Gasteiger charge is -2.25. The Labute approximate surface area is 101 Å². The second-order valence-corrected chi connectivity index (χ2v) is 6.17. The molecule has 96 valence electrons. The van der Waals surface area contributed by atoms with E-state index in [2.05, 4.69) is 4.72 Å². The molecule has 17 heavy (non-hydrogen) atoms. The normalized spacial score (nSPS) is 12.7. The van der Waals surface area contributed by atoms with Crippen molar-refractivity contribution in [3.05, 3.63) is 30.1 Å². The Morgan fingerprint density at radius 3 is 2.59 bits per heavy atom. The zero-order valence-corrected chi connectivity index (χ0v) is 10.7. The molecule has 0 fully saturated rings. The van der Waals surface area contributed by atoms with Crippen LogP contribution in [0.3, 0.4) is 0 Å². The predicted octanol–water partition coefficient (Wildman–Crippen LogP) is 1.23. The van der Waals surface area contributed by atoms with Gasteiger partial charge in [-0.3, -0.25) is 0 Å². The summed E-state index contributed by atoms with van der Waals surface area (Å²) >= 11 is 0. The van der Waals surface area contributed by atoms with E-state index in [4.69, 9.17) is 5.73 Å². The van der Waals surface area contributed by atoms with E-state index in [9.17, 15) is 12.8 Å². The van der Waals surface area contributed by atoms with Crippen LogP contribution in [0.1, 0.15) is 20.3 Å². The van der Waals surface area contributed by atoms with E-state index in [1.807, 2.05) is 0 Å². The fourth-order valence-corrected chi connectivity index (χ4v) is 2.94. The number of rotatable bonds is 5. The number of sulfonamides is 1. The highest BCUT2D eigenvalue weighted by molar-refractivity contribution is 7.89. The molecular formula is C11H17FN2O2S. The van der Waals surface area contributed by atoms with Gasteiger partial charge >= 0.3 is 0 Å². The van der Waals surface area contributed by atoms with Gasteiger partial charge in [0.15, 0.2) is 0 Å². The van der Waals surface area contributed by atoms with E-state index < -0.39 is 21.4 Å². The fourth-order valence-electron chi connectivity index (χ4n) is 1.47. The van der Waals surface area contributed by atoms with Crippen LogP contribution in [-0.2, 0) is 10.0 Å². The molecule has 0 aliphatic carbocycles. The Morgan fingerprint density at radius 1 is 1.41 bits per heavy atom. The van der Waals surface area contributed by atoms with Crippen LogP contribution in [0.4, 0.5) is 4.39 Å². The first-order valence-electron chi connectivity index (χ1n) is 5.26. The van der Waals surface area contributed by atoms with E-state index >= 15 is 0 Å². The van der Waals surface area contributed by atoms with Crippen molar-refractivity contribution in [3.8, 4) is 0 Å². The molecule has 0 saturated heterocycles. The Morgan fingerprint density at radius 2 is 2.06 bits per heavy atom. The molecule has 0 bridgehead atoms. The van der Waals surface area contributed by atoms with Crippen molar-refractivity contribution in [2.45, 2.75) is 30.7 Å². The minimum Gasteiger partial charge on any atom is -0.330 e. The van der Waals surface area contributed by atoms with Crippen LogP contribution in [0.15, 0.2) is 29.2 Å². The standard InChI is InChI=1S/C11H17FN2O2S/c1-11(2,6-7-13)14-17(15,16)10-5-3-4-9(12)8-10/h3-5,8,14H,6-7,13H2,1-2H3. The molecule has 0 atom stereocenters. The maximum Gasteiger partial charge on any atom is 0.241 e. The van der Waals surface area contributed by atoms with Crippen LogP contribution in [0.25, 0.3) is 0 Å². The summed E-state index contributed by atoms with van der Waals surface area (Å²) in [6.45, 7) is 3.84. The lowest BCUT2D eigenvalue weighted by Crippen LogP contribution is -2.44. The van der Waals surface area contributed by atoms with Gasteiger partial charge < -0.3 is 5.73 Å². The molecule has 0 aliphatic rings. The number of nitrogens with two attached hydrogens (primary N) is 1. The summed E-state index contributed by atoms with van der Waals surface area (Å²) in [5.74, 6) is -0.579. The largest absolute Gasteiger partial charge is 0.330 e. The summed E-state index contributed by atoms with van der Waals surface area (Å²) in [6.07, 6.45) is 0.502. The average Bonchev–Trinajstić information content (AvgIpc) is 2.15. The van der Waals surface area contributed by atoms with Crippen LogP contribution < -0.4 is 10.5 Å². The van der Waals surface area contributed by atoms with Gasteiger partial charge in [-0.15, -0.1) is 0 Å². The second kappa shape index (κ2) is 5.12. The average molecular weight is 260 g/mol. The summed E-state index contributed by atoms with van der Waals surface area (Å²) < 4.78 is 39.4. The molecule has 1 aromatic rings. The van der Waals surface area contributed by atoms with Crippen LogP contribution in [0.2, 0.25) is 0 Å². The van der Waals surface area contributed by atoms with Crippen LogP contribution in [-0.4, -0.2) is 20.5 Å². The van der Waals surface area contributed by atoms with Gasteiger partial charge in [0.25, 0.3) is 0 Å². The van der Waals surface area contributed by atoms with Crippen molar-refractivity contribution >= 4 is 10.0 Å². The molecule has 3 N–H and O–H groups in total. The minimum absolute atomic E-state index is 0.0809. The molecule has 0 unspecified atom stereocenters. The summed E-state index contributed by atoms with van der Waals surface area (Å²) in [6, 6.07) is 4.90. The fraction of sp³-hybridized carbons (Fsp3) is 0.455. The van der Waals surface area contributed by atoms with E-state index in [0.29, 0.717) is 13.0 Å². The van der Waals surface area contributed by atoms with Crippen LogP contribution >= 0.6 is 0 Å². The molecule has 0 spiro atoms. The third kappa shape index (κ3) is 4.07. The number of halogens is 1. The topological polar surface area (TPSA) is 72.2 Å². The van der Waals surface area contributed by atoms with Gasteiger partial charge in [-0.05, 0) is 45.0 Å². The summed E-state index contributed by atoms with van der Waals surface area (Å²) in [4.78, 5) is -0.0809. The monoisotopic (exact) mass is 260 g/mol. The number of hydrogen-bond acceptors (Lipinski definition) is 3. The van der Waals surface area contributed by atoms with E-state index in [-0.39, 0.29) is 4.90 Å². The third-order valence-electron chi connectivity index (χ3n) is 2.29.